The van der Waals surface area contributed by atoms with E-state index in [1.165, 1.54) is 11.3 Å². The van der Waals surface area contributed by atoms with E-state index in [1.807, 2.05) is 18.0 Å². The summed E-state index contributed by atoms with van der Waals surface area (Å²) in [5.41, 5.74) is 0.813. The van der Waals surface area contributed by atoms with E-state index in [-0.39, 0.29) is 0 Å². The third-order valence-corrected chi connectivity index (χ3v) is 2.93. The Hall–Kier alpha value is -1.38. The molecule has 0 spiro atoms. The van der Waals surface area contributed by atoms with Crippen LogP contribution < -0.4 is 0 Å². The highest BCUT2D eigenvalue weighted by Gasteiger charge is 2.12. The number of carbonyl (C=O) groups is 1. The summed E-state index contributed by atoms with van der Waals surface area (Å²) in [5.74, 6) is -0.881. The van der Waals surface area contributed by atoms with Crippen LogP contribution in [0, 0.1) is 11.3 Å². The number of nitriles is 1. The van der Waals surface area contributed by atoms with Crippen molar-refractivity contribution in [2.24, 2.45) is 0 Å². The van der Waals surface area contributed by atoms with Crippen LogP contribution in [0.2, 0.25) is 0 Å². The predicted octanol–water partition coefficient (Wildman–Crippen LogP) is 1.79. The average molecular weight is 224 g/mol. The van der Waals surface area contributed by atoms with Crippen molar-refractivity contribution in [3.05, 3.63) is 21.9 Å². The lowest BCUT2D eigenvalue weighted by Crippen LogP contribution is -2.19. The Morgan fingerprint density at radius 3 is 3.07 bits per heavy atom. The van der Waals surface area contributed by atoms with Crippen LogP contribution in [0.25, 0.3) is 0 Å². The fraction of sp³-hybridized carbons (Fsp3) is 0.400. The van der Waals surface area contributed by atoms with Crippen molar-refractivity contribution in [3.8, 4) is 6.07 Å². The number of nitrogens with zero attached hydrogens (tertiary/aromatic N) is 2. The molecule has 1 rings (SSSR count). The van der Waals surface area contributed by atoms with Crippen molar-refractivity contribution < 1.29 is 9.90 Å². The molecule has 0 radical (unpaired) electrons. The zero-order valence-electron chi connectivity index (χ0n) is 8.43. The number of carboxylic acid groups (broad SMARTS) is 1. The molecule has 0 aliphatic heterocycles. The van der Waals surface area contributed by atoms with Gasteiger partial charge < -0.3 is 10.0 Å². The molecule has 80 valence electrons. The second-order valence-corrected chi connectivity index (χ2v) is 4.14. The molecule has 0 saturated heterocycles. The zero-order valence-corrected chi connectivity index (χ0v) is 9.25. The van der Waals surface area contributed by atoms with Gasteiger partial charge in [0.05, 0.1) is 6.07 Å². The largest absolute Gasteiger partial charge is 0.477 e. The van der Waals surface area contributed by atoms with E-state index in [4.69, 9.17) is 10.4 Å². The average Bonchev–Trinajstić information content (AvgIpc) is 2.62. The normalized spacial score (nSPS) is 10.2. The van der Waals surface area contributed by atoms with Crippen LogP contribution >= 0.6 is 11.3 Å². The van der Waals surface area contributed by atoms with Crippen molar-refractivity contribution in [2.45, 2.75) is 13.0 Å². The maximum atomic E-state index is 10.8. The van der Waals surface area contributed by atoms with E-state index in [0.717, 1.165) is 5.56 Å². The minimum Gasteiger partial charge on any atom is -0.477 e. The summed E-state index contributed by atoms with van der Waals surface area (Å²) < 4.78 is 0. The fourth-order valence-corrected chi connectivity index (χ4v) is 2.01. The third kappa shape index (κ3) is 3.35. The van der Waals surface area contributed by atoms with Gasteiger partial charge in [-0.25, -0.2) is 4.79 Å². The van der Waals surface area contributed by atoms with Gasteiger partial charge in [0.2, 0.25) is 0 Å². The van der Waals surface area contributed by atoms with Gasteiger partial charge in [-0.3, -0.25) is 0 Å². The summed E-state index contributed by atoms with van der Waals surface area (Å²) >= 11 is 1.23. The second-order valence-electron chi connectivity index (χ2n) is 3.23. The van der Waals surface area contributed by atoms with Crippen molar-refractivity contribution >= 4 is 17.3 Å². The second kappa shape index (κ2) is 5.49. The van der Waals surface area contributed by atoms with Crippen LogP contribution in [0.4, 0.5) is 0 Å². The highest BCUT2D eigenvalue weighted by molar-refractivity contribution is 7.12. The van der Waals surface area contributed by atoms with E-state index in [0.29, 0.717) is 24.4 Å². The van der Waals surface area contributed by atoms with Gasteiger partial charge in [-0.05, 0) is 24.1 Å². The molecule has 5 heteroatoms. The minimum absolute atomic E-state index is 0.388. The first-order valence-corrected chi connectivity index (χ1v) is 5.38. The van der Waals surface area contributed by atoms with Gasteiger partial charge in [0, 0.05) is 19.5 Å². The molecule has 0 aliphatic carbocycles. The number of carboxylic acids is 1. The smallest absolute Gasteiger partial charge is 0.346 e. The van der Waals surface area contributed by atoms with Crippen LogP contribution in [0.15, 0.2) is 11.4 Å². The molecule has 0 bridgehead atoms. The number of aromatic carboxylic acids is 1. The van der Waals surface area contributed by atoms with Crippen molar-refractivity contribution in [2.75, 3.05) is 13.6 Å². The van der Waals surface area contributed by atoms with Gasteiger partial charge in [-0.1, -0.05) is 0 Å². The summed E-state index contributed by atoms with van der Waals surface area (Å²) in [7, 11) is 1.88. The summed E-state index contributed by atoms with van der Waals surface area (Å²) in [4.78, 5) is 13.1. The van der Waals surface area contributed by atoms with E-state index in [2.05, 4.69) is 6.07 Å². The lowest BCUT2D eigenvalue weighted by atomic mass is 10.2. The van der Waals surface area contributed by atoms with Gasteiger partial charge in [-0.15, -0.1) is 11.3 Å². The van der Waals surface area contributed by atoms with Crippen molar-refractivity contribution in [1.29, 1.82) is 5.26 Å². The highest BCUT2D eigenvalue weighted by atomic mass is 32.1. The molecule has 0 saturated carbocycles. The van der Waals surface area contributed by atoms with Gasteiger partial charge in [0.25, 0.3) is 0 Å². The molecular formula is C10H12N2O2S. The van der Waals surface area contributed by atoms with E-state index in [9.17, 15) is 4.79 Å². The van der Waals surface area contributed by atoms with Gasteiger partial charge >= 0.3 is 5.97 Å². The summed E-state index contributed by atoms with van der Waals surface area (Å²) in [5, 5.41) is 19.1. The van der Waals surface area contributed by atoms with E-state index in [1.54, 1.807) is 5.38 Å². The summed E-state index contributed by atoms with van der Waals surface area (Å²) in [6.45, 7) is 1.23. The number of rotatable bonds is 5. The van der Waals surface area contributed by atoms with Crippen molar-refractivity contribution in [1.82, 2.24) is 4.90 Å². The Morgan fingerprint density at radius 2 is 2.47 bits per heavy atom. The van der Waals surface area contributed by atoms with Crippen LogP contribution in [0.1, 0.15) is 21.7 Å². The molecule has 1 aromatic rings. The number of hydrogen-bond acceptors (Lipinski definition) is 4. The summed E-state index contributed by atoms with van der Waals surface area (Å²) in [6, 6.07) is 3.88. The Bertz CT molecular complexity index is 381. The van der Waals surface area contributed by atoms with Crippen LogP contribution in [-0.4, -0.2) is 29.6 Å². The monoisotopic (exact) mass is 224 g/mol. The van der Waals surface area contributed by atoms with Crippen molar-refractivity contribution in [3.63, 3.8) is 0 Å². The number of thiophene rings is 1. The van der Waals surface area contributed by atoms with E-state index < -0.39 is 5.97 Å². The first kappa shape index (κ1) is 11.7. The molecule has 0 atom stereocenters. The van der Waals surface area contributed by atoms with Crippen LogP contribution in [-0.2, 0) is 6.54 Å². The molecule has 0 aliphatic rings. The molecule has 15 heavy (non-hydrogen) atoms. The SMILES string of the molecule is CN(CCC#N)Cc1ccsc1C(=O)O. The maximum absolute atomic E-state index is 10.8. The highest BCUT2D eigenvalue weighted by Crippen LogP contribution is 2.18. The topological polar surface area (TPSA) is 64.3 Å². The predicted molar refractivity (Wildman–Crippen MR) is 57.8 cm³/mol. The Morgan fingerprint density at radius 1 is 1.73 bits per heavy atom. The fourth-order valence-electron chi connectivity index (χ4n) is 1.26. The molecule has 1 aromatic heterocycles. The Labute approximate surface area is 92.4 Å². The molecule has 0 fully saturated rings. The lowest BCUT2D eigenvalue weighted by molar-refractivity contribution is 0.0700. The minimum atomic E-state index is -0.881. The Kier molecular flexibility index (Phi) is 4.28. The molecule has 0 unspecified atom stereocenters. The van der Waals surface area contributed by atoms with Gasteiger partial charge in [-0.2, -0.15) is 5.26 Å². The molecule has 0 amide bonds. The molecule has 1 heterocycles. The van der Waals surface area contributed by atoms with E-state index >= 15 is 0 Å². The lowest BCUT2D eigenvalue weighted by Gasteiger charge is -2.14. The molecule has 4 nitrogen and oxygen atoms in total. The van der Waals surface area contributed by atoms with Crippen LogP contribution in [0.3, 0.4) is 0 Å². The standard InChI is InChI=1S/C10H12N2O2S/c1-12(5-2-4-11)7-8-3-6-15-9(8)10(13)14/h3,6H,2,5,7H2,1H3,(H,13,14). The quantitative estimate of drug-likeness (QED) is 0.828. The maximum Gasteiger partial charge on any atom is 0.346 e. The first-order valence-electron chi connectivity index (χ1n) is 4.50. The molecule has 1 N–H and O–H groups in total. The summed E-state index contributed by atoms with van der Waals surface area (Å²) in [6.07, 6.45) is 0.461. The molecular weight excluding hydrogens is 212 g/mol. The molecule has 0 aromatic carbocycles. The zero-order chi connectivity index (χ0) is 11.3. The number of hydrogen-bond donors (Lipinski definition) is 1. The Balaban J connectivity index is 2.60. The third-order valence-electron chi connectivity index (χ3n) is 1.99. The first-order chi connectivity index (χ1) is 7.15. The van der Waals surface area contributed by atoms with Gasteiger partial charge in [0.15, 0.2) is 0 Å². The van der Waals surface area contributed by atoms with Gasteiger partial charge in [0.1, 0.15) is 4.88 Å². The van der Waals surface area contributed by atoms with Crippen LogP contribution in [0.5, 0.6) is 0 Å².